The fraction of sp³-hybridized carbons (Fsp3) is 0.308. The number of aromatic nitrogens is 2. The Morgan fingerprint density at radius 2 is 2.00 bits per heavy atom. The van der Waals surface area contributed by atoms with Crippen LogP contribution >= 0.6 is 0 Å². The summed E-state index contributed by atoms with van der Waals surface area (Å²) in [6.45, 7) is 2.80. The van der Waals surface area contributed by atoms with Crippen molar-refractivity contribution in [2.75, 3.05) is 5.73 Å². The van der Waals surface area contributed by atoms with E-state index in [-0.39, 0.29) is 17.3 Å². The smallest absolute Gasteiger partial charge is 0.246 e. The second-order valence-corrected chi connectivity index (χ2v) is 6.16. The second kappa shape index (κ2) is 6.06. The number of nitrogens with two attached hydrogens (primary N) is 1. The van der Waals surface area contributed by atoms with Crippen molar-refractivity contribution in [1.82, 2.24) is 14.5 Å². The monoisotopic (exact) mass is 294 g/mol. The molecule has 0 radical (unpaired) electrons. The van der Waals surface area contributed by atoms with Gasteiger partial charge in [-0.25, -0.2) is 17.8 Å². The molecule has 0 aliphatic carbocycles. The van der Waals surface area contributed by atoms with Crippen molar-refractivity contribution in [2.45, 2.75) is 31.3 Å². The van der Waals surface area contributed by atoms with E-state index in [0.29, 0.717) is 6.54 Å². The second-order valence-electron chi connectivity index (χ2n) is 4.43. The van der Waals surface area contributed by atoms with E-state index in [1.807, 2.05) is 37.3 Å². The van der Waals surface area contributed by atoms with Gasteiger partial charge in [-0.15, -0.1) is 0 Å². The molecule has 0 atom stereocenters. The average molecular weight is 294 g/mol. The molecule has 2 aromatic rings. The third kappa shape index (κ3) is 3.17. The van der Waals surface area contributed by atoms with Crippen LogP contribution in [0.5, 0.6) is 0 Å². The van der Waals surface area contributed by atoms with Crippen molar-refractivity contribution in [1.29, 1.82) is 0 Å². The van der Waals surface area contributed by atoms with Crippen LogP contribution in [0.4, 0.5) is 5.82 Å². The Balaban J connectivity index is 2.14. The summed E-state index contributed by atoms with van der Waals surface area (Å²) in [5.74, 6) is 0.174. The number of benzene rings is 1. The van der Waals surface area contributed by atoms with Gasteiger partial charge >= 0.3 is 0 Å². The normalized spacial score (nSPS) is 11.7. The lowest BCUT2D eigenvalue weighted by molar-refractivity contribution is 0.581. The highest BCUT2D eigenvalue weighted by atomic mass is 32.2. The quantitative estimate of drug-likeness (QED) is 0.841. The molecule has 0 unspecified atom stereocenters. The first-order valence-corrected chi connectivity index (χ1v) is 7.88. The number of hydrogen-bond acceptors (Lipinski definition) is 4. The third-order valence-corrected chi connectivity index (χ3v) is 4.30. The lowest BCUT2D eigenvalue weighted by atomic mass is 10.2. The lowest BCUT2D eigenvalue weighted by Gasteiger charge is -2.07. The van der Waals surface area contributed by atoms with Gasteiger partial charge in [0.2, 0.25) is 10.0 Å². The highest BCUT2D eigenvalue weighted by Crippen LogP contribution is 2.18. The standard InChI is InChI=1S/C13H18N4O2S/c1-2-8-17-13(14)12(10-15-17)20(18,19)16-9-11-6-4-3-5-7-11/h3-7,10,16H,2,8-9,14H2,1H3. The summed E-state index contributed by atoms with van der Waals surface area (Å²) >= 11 is 0. The molecule has 0 aliphatic rings. The number of hydrogen-bond donors (Lipinski definition) is 2. The predicted octanol–water partition coefficient (Wildman–Crippen LogP) is 1.35. The highest BCUT2D eigenvalue weighted by Gasteiger charge is 2.21. The maximum absolute atomic E-state index is 12.2. The number of nitrogen functional groups attached to an aromatic ring is 1. The Labute approximate surface area is 118 Å². The summed E-state index contributed by atoms with van der Waals surface area (Å²) in [6.07, 6.45) is 2.13. The van der Waals surface area contributed by atoms with Gasteiger partial charge in [-0.2, -0.15) is 5.10 Å². The molecule has 0 fully saturated rings. The van der Waals surface area contributed by atoms with Crippen LogP contribution in [0.3, 0.4) is 0 Å². The number of aryl methyl sites for hydroxylation is 1. The van der Waals surface area contributed by atoms with Crippen LogP contribution in [0.2, 0.25) is 0 Å². The van der Waals surface area contributed by atoms with Gasteiger partial charge in [0.1, 0.15) is 10.7 Å². The molecule has 0 saturated carbocycles. The van der Waals surface area contributed by atoms with Gasteiger partial charge in [-0.05, 0) is 12.0 Å². The fourth-order valence-electron chi connectivity index (χ4n) is 1.83. The first-order valence-electron chi connectivity index (χ1n) is 6.39. The zero-order valence-corrected chi connectivity index (χ0v) is 12.1. The number of anilines is 1. The Bertz CT molecular complexity index is 665. The molecule has 0 saturated heterocycles. The summed E-state index contributed by atoms with van der Waals surface area (Å²) in [6, 6.07) is 9.30. The van der Waals surface area contributed by atoms with Gasteiger partial charge < -0.3 is 5.73 Å². The summed E-state index contributed by atoms with van der Waals surface area (Å²) in [5.41, 5.74) is 6.71. The molecule has 0 aliphatic heterocycles. The lowest BCUT2D eigenvalue weighted by Crippen LogP contribution is -2.24. The minimum atomic E-state index is -3.64. The number of nitrogens with zero attached hydrogens (tertiary/aromatic N) is 2. The molecule has 0 amide bonds. The van der Waals surface area contributed by atoms with E-state index in [1.165, 1.54) is 10.9 Å². The first-order chi connectivity index (χ1) is 9.54. The van der Waals surface area contributed by atoms with Gasteiger partial charge in [0.25, 0.3) is 0 Å². The highest BCUT2D eigenvalue weighted by molar-refractivity contribution is 7.89. The van der Waals surface area contributed by atoms with E-state index in [1.54, 1.807) is 0 Å². The Morgan fingerprint density at radius 3 is 2.65 bits per heavy atom. The molecule has 108 valence electrons. The minimum absolute atomic E-state index is 0.0295. The Kier molecular flexibility index (Phi) is 4.41. The minimum Gasteiger partial charge on any atom is -0.383 e. The molecular formula is C13H18N4O2S. The number of sulfonamides is 1. The van der Waals surface area contributed by atoms with Gasteiger partial charge in [0.15, 0.2) is 0 Å². The molecule has 0 spiro atoms. The molecular weight excluding hydrogens is 276 g/mol. The summed E-state index contributed by atoms with van der Waals surface area (Å²) in [7, 11) is -3.64. The number of rotatable bonds is 6. The van der Waals surface area contributed by atoms with Crippen molar-refractivity contribution < 1.29 is 8.42 Å². The summed E-state index contributed by atoms with van der Waals surface area (Å²) in [5, 5.41) is 4.00. The fourth-order valence-corrected chi connectivity index (χ4v) is 2.91. The van der Waals surface area contributed by atoms with Gasteiger partial charge in [-0.3, -0.25) is 0 Å². The van der Waals surface area contributed by atoms with Crippen LogP contribution in [-0.2, 0) is 23.1 Å². The van der Waals surface area contributed by atoms with Gasteiger partial charge in [-0.1, -0.05) is 37.3 Å². The largest absolute Gasteiger partial charge is 0.383 e. The van der Waals surface area contributed by atoms with Crippen molar-refractivity contribution in [3.8, 4) is 0 Å². The third-order valence-electron chi connectivity index (χ3n) is 2.88. The molecule has 1 heterocycles. The van der Waals surface area contributed by atoms with Crippen LogP contribution in [0.1, 0.15) is 18.9 Å². The van der Waals surface area contributed by atoms with Crippen LogP contribution in [-0.4, -0.2) is 18.2 Å². The van der Waals surface area contributed by atoms with E-state index < -0.39 is 10.0 Å². The first kappa shape index (κ1) is 14.5. The van der Waals surface area contributed by atoms with Gasteiger partial charge in [0, 0.05) is 13.1 Å². The van der Waals surface area contributed by atoms with Crippen LogP contribution in [0.15, 0.2) is 41.4 Å². The van der Waals surface area contributed by atoms with Crippen LogP contribution in [0.25, 0.3) is 0 Å². The summed E-state index contributed by atoms with van der Waals surface area (Å²) < 4.78 is 28.4. The molecule has 1 aromatic heterocycles. The molecule has 20 heavy (non-hydrogen) atoms. The van der Waals surface area contributed by atoms with Crippen molar-refractivity contribution in [2.24, 2.45) is 0 Å². The molecule has 2 rings (SSSR count). The average Bonchev–Trinajstić information content (AvgIpc) is 2.81. The Morgan fingerprint density at radius 1 is 1.30 bits per heavy atom. The number of nitrogens with one attached hydrogen (secondary N) is 1. The topological polar surface area (TPSA) is 90.0 Å². The van der Waals surface area contributed by atoms with Gasteiger partial charge in [0.05, 0.1) is 6.20 Å². The SMILES string of the molecule is CCCn1ncc(S(=O)(=O)NCc2ccccc2)c1N. The van der Waals surface area contributed by atoms with Crippen LogP contribution < -0.4 is 10.5 Å². The van der Waals surface area contributed by atoms with Crippen molar-refractivity contribution in [3.05, 3.63) is 42.1 Å². The van der Waals surface area contributed by atoms with Crippen molar-refractivity contribution >= 4 is 15.8 Å². The van der Waals surface area contributed by atoms with Crippen LogP contribution in [0, 0.1) is 0 Å². The molecule has 0 bridgehead atoms. The van der Waals surface area contributed by atoms with E-state index in [0.717, 1.165) is 12.0 Å². The summed E-state index contributed by atoms with van der Waals surface area (Å²) in [4.78, 5) is 0.0295. The Hall–Kier alpha value is -1.86. The molecule has 3 N–H and O–H groups in total. The van der Waals surface area contributed by atoms with E-state index in [2.05, 4.69) is 9.82 Å². The van der Waals surface area contributed by atoms with E-state index in [4.69, 9.17) is 5.73 Å². The molecule has 6 nitrogen and oxygen atoms in total. The maximum atomic E-state index is 12.2. The van der Waals surface area contributed by atoms with E-state index >= 15 is 0 Å². The van der Waals surface area contributed by atoms with E-state index in [9.17, 15) is 8.42 Å². The predicted molar refractivity (Wildman–Crippen MR) is 77.4 cm³/mol. The van der Waals surface area contributed by atoms with Crippen molar-refractivity contribution in [3.63, 3.8) is 0 Å². The zero-order valence-electron chi connectivity index (χ0n) is 11.3. The zero-order chi connectivity index (χ0) is 14.6. The molecule has 1 aromatic carbocycles. The molecule has 7 heteroatoms. The maximum Gasteiger partial charge on any atom is 0.246 e.